The maximum atomic E-state index is 12.0. The highest BCUT2D eigenvalue weighted by molar-refractivity contribution is 7.99. The topological polar surface area (TPSA) is 93.4 Å². The van der Waals surface area contributed by atoms with E-state index in [4.69, 9.17) is 0 Å². The van der Waals surface area contributed by atoms with Crippen LogP contribution in [0, 0.1) is 10.1 Å². The summed E-state index contributed by atoms with van der Waals surface area (Å²) in [7, 11) is -0.581. The number of hydrogen-bond donors (Lipinski definition) is 0. The Morgan fingerprint density at radius 3 is 2.50 bits per heavy atom. The molecule has 2 rings (SSSR count). The highest BCUT2D eigenvalue weighted by atomic mass is 32.2. The number of nitro benzene ring substituents is 1. The zero-order valence-electron chi connectivity index (χ0n) is 13.4. The van der Waals surface area contributed by atoms with Crippen molar-refractivity contribution < 1.29 is 13.3 Å². The summed E-state index contributed by atoms with van der Waals surface area (Å²) >= 11 is 1.40. The maximum absolute atomic E-state index is 12.0. The van der Waals surface area contributed by atoms with Crippen molar-refractivity contribution in [1.29, 1.82) is 0 Å². The zero-order chi connectivity index (χ0) is 17.9. The number of rotatable bonds is 6. The Morgan fingerprint density at radius 2 is 1.96 bits per heavy atom. The second-order valence-electron chi connectivity index (χ2n) is 5.23. The molecule has 1 heterocycles. The summed E-state index contributed by atoms with van der Waals surface area (Å²) in [6.07, 6.45) is 1.32. The van der Waals surface area contributed by atoms with Gasteiger partial charge in [0.25, 0.3) is 5.69 Å². The third kappa shape index (κ3) is 4.11. The monoisotopic (exact) mass is 367 g/mol. The number of thioether (sulfide) groups is 1. The summed E-state index contributed by atoms with van der Waals surface area (Å²) in [5.41, 5.74) is 0.848. The summed E-state index contributed by atoms with van der Waals surface area (Å²) in [5.74, 6) is 0. The van der Waals surface area contributed by atoms with Gasteiger partial charge in [-0.1, -0.05) is 23.9 Å². The van der Waals surface area contributed by atoms with Gasteiger partial charge in [-0.05, 0) is 24.6 Å². The van der Waals surface area contributed by atoms with Gasteiger partial charge >= 0.3 is 0 Å². The number of aromatic nitrogens is 1. The van der Waals surface area contributed by atoms with Crippen molar-refractivity contribution in [3.8, 4) is 0 Å². The van der Waals surface area contributed by atoms with Crippen LogP contribution < -0.4 is 0 Å². The molecule has 7 nitrogen and oxygen atoms in total. The lowest BCUT2D eigenvalue weighted by atomic mass is 10.1. The molecule has 128 valence electrons. The van der Waals surface area contributed by atoms with Gasteiger partial charge in [-0.25, -0.2) is 17.7 Å². The first-order valence-corrected chi connectivity index (χ1v) is 9.33. The van der Waals surface area contributed by atoms with Crippen molar-refractivity contribution in [2.75, 3.05) is 14.1 Å². The number of non-ortho nitro benzene ring substituents is 1. The average Bonchev–Trinajstić information content (AvgIpc) is 2.55. The minimum Gasteiger partial charge on any atom is -0.258 e. The molecular formula is C15H17N3O4S2. The van der Waals surface area contributed by atoms with Gasteiger partial charge in [-0.15, -0.1) is 0 Å². The molecule has 0 fully saturated rings. The van der Waals surface area contributed by atoms with Crippen LogP contribution in [0.1, 0.15) is 17.7 Å². The predicted molar refractivity (Wildman–Crippen MR) is 92.5 cm³/mol. The second kappa shape index (κ2) is 7.29. The molecule has 0 aliphatic rings. The lowest BCUT2D eigenvalue weighted by molar-refractivity contribution is -0.384. The fourth-order valence-corrected chi connectivity index (χ4v) is 3.69. The van der Waals surface area contributed by atoms with E-state index in [9.17, 15) is 18.5 Å². The van der Waals surface area contributed by atoms with Gasteiger partial charge < -0.3 is 0 Å². The minimum atomic E-state index is -3.50. The van der Waals surface area contributed by atoms with E-state index in [0.29, 0.717) is 5.03 Å². The smallest absolute Gasteiger partial charge is 0.258 e. The van der Waals surface area contributed by atoms with Crippen LogP contribution in [0.2, 0.25) is 0 Å². The SMILES string of the molecule is CC(Sc1ccc(S(=O)(=O)N(C)C)cn1)c1cccc([N+](=O)[O-])c1. The summed E-state index contributed by atoms with van der Waals surface area (Å²) in [6, 6.07) is 9.57. The maximum Gasteiger partial charge on any atom is 0.269 e. The molecule has 0 saturated carbocycles. The quantitative estimate of drug-likeness (QED) is 0.442. The number of nitrogens with zero attached hydrogens (tertiary/aromatic N) is 3. The Kier molecular flexibility index (Phi) is 5.58. The molecule has 0 spiro atoms. The molecule has 0 amide bonds. The van der Waals surface area contributed by atoms with E-state index >= 15 is 0 Å². The second-order valence-corrected chi connectivity index (χ2v) is 8.74. The van der Waals surface area contributed by atoms with Gasteiger partial charge in [0.2, 0.25) is 10.0 Å². The first-order valence-electron chi connectivity index (χ1n) is 7.01. The Bertz CT molecular complexity index is 836. The van der Waals surface area contributed by atoms with Crippen LogP contribution >= 0.6 is 11.8 Å². The molecule has 0 aliphatic heterocycles. The van der Waals surface area contributed by atoms with Gasteiger partial charge in [0, 0.05) is 37.7 Å². The molecule has 1 aromatic carbocycles. The highest BCUT2D eigenvalue weighted by Gasteiger charge is 2.18. The summed E-state index contributed by atoms with van der Waals surface area (Å²) in [6.45, 7) is 1.91. The van der Waals surface area contributed by atoms with Crippen LogP contribution in [0.15, 0.2) is 52.5 Å². The standard InChI is InChI=1S/C15H17N3O4S2/c1-11(12-5-4-6-13(9-12)18(19)20)23-15-8-7-14(10-16-15)24(21,22)17(2)3/h4-11H,1-3H3. The largest absolute Gasteiger partial charge is 0.269 e. The van der Waals surface area contributed by atoms with Gasteiger partial charge in [-0.2, -0.15) is 0 Å². The van der Waals surface area contributed by atoms with Crippen LogP contribution in [0.25, 0.3) is 0 Å². The Hall–Kier alpha value is -1.97. The summed E-state index contributed by atoms with van der Waals surface area (Å²) in [4.78, 5) is 14.7. The fourth-order valence-electron chi connectivity index (χ4n) is 1.94. The van der Waals surface area contributed by atoms with Crippen molar-refractivity contribution in [2.45, 2.75) is 22.1 Å². The Labute approximate surface area is 144 Å². The number of pyridine rings is 1. The average molecular weight is 367 g/mol. The molecule has 0 saturated heterocycles. The third-order valence-corrected chi connectivity index (χ3v) is 6.24. The van der Waals surface area contributed by atoms with E-state index in [0.717, 1.165) is 9.87 Å². The Morgan fingerprint density at radius 1 is 1.25 bits per heavy atom. The number of benzene rings is 1. The summed E-state index contributed by atoms with van der Waals surface area (Å²) < 4.78 is 25.1. The molecule has 1 aromatic heterocycles. The van der Waals surface area contributed by atoms with Crippen molar-refractivity contribution in [3.05, 3.63) is 58.3 Å². The predicted octanol–water partition coefficient (Wildman–Crippen LogP) is 3.09. The number of nitro groups is 1. The molecule has 2 aromatic rings. The van der Waals surface area contributed by atoms with Gasteiger partial charge in [0.05, 0.1) is 9.95 Å². The van der Waals surface area contributed by atoms with Crippen LogP contribution in [-0.2, 0) is 10.0 Å². The van der Waals surface area contributed by atoms with E-state index in [1.165, 1.54) is 50.3 Å². The van der Waals surface area contributed by atoms with Crippen LogP contribution in [0.5, 0.6) is 0 Å². The highest BCUT2D eigenvalue weighted by Crippen LogP contribution is 2.35. The molecular weight excluding hydrogens is 350 g/mol. The molecule has 0 aliphatic carbocycles. The van der Waals surface area contributed by atoms with Crippen LogP contribution in [0.3, 0.4) is 0 Å². The fraction of sp³-hybridized carbons (Fsp3) is 0.267. The van der Waals surface area contributed by atoms with Crippen molar-refractivity contribution in [2.24, 2.45) is 0 Å². The van der Waals surface area contributed by atoms with Crippen molar-refractivity contribution in [3.63, 3.8) is 0 Å². The molecule has 9 heteroatoms. The zero-order valence-corrected chi connectivity index (χ0v) is 15.0. The first-order chi connectivity index (χ1) is 11.2. The lowest BCUT2D eigenvalue weighted by Gasteiger charge is -2.13. The van der Waals surface area contributed by atoms with Gasteiger partial charge in [0.15, 0.2) is 0 Å². The van der Waals surface area contributed by atoms with Gasteiger partial charge in [0.1, 0.15) is 4.90 Å². The normalized spacial score (nSPS) is 13.0. The first kappa shape index (κ1) is 18.4. The summed E-state index contributed by atoms with van der Waals surface area (Å²) in [5, 5.41) is 11.4. The van der Waals surface area contributed by atoms with Crippen molar-refractivity contribution in [1.82, 2.24) is 9.29 Å². The van der Waals surface area contributed by atoms with E-state index in [2.05, 4.69) is 4.98 Å². The van der Waals surface area contributed by atoms with E-state index in [1.807, 2.05) is 13.0 Å². The molecule has 0 radical (unpaired) electrons. The number of hydrogen-bond acceptors (Lipinski definition) is 6. The third-order valence-electron chi connectivity index (χ3n) is 3.34. The molecule has 0 bridgehead atoms. The molecule has 24 heavy (non-hydrogen) atoms. The van der Waals surface area contributed by atoms with Gasteiger partial charge in [-0.3, -0.25) is 10.1 Å². The van der Waals surface area contributed by atoms with E-state index < -0.39 is 14.9 Å². The van der Waals surface area contributed by atoms with E-state index in [-0.39, 0.29) is 15.8 Å². The molecule has 1 atom stereocenters. The van der Waals surface area contributed by atoms with Crippen molar-refractivity contribution >= 4 is 27.5 Å². The minimum absolute atomic E-state index is 0.0420. The van der Waals surface area contributed by atoms with E-state index in [1.54, 1.807) is 12.1 Å². The Balaban J connectivity index is 2.17. The van der Waals surface area contributed by atoms with Crippen LogP contribution in [0.4, 0.5) is 5.69 Å². The molecule has 1 unspecified atom stereocenters. The van der Waals surface area contributed by atoms with Crippen LogP contribution in [-0.4, -0.2) is 36.7 Å². The lowest BCUT2D eigenvalue weighted by Crippen LogP contribution is -2.22. The molecule has 0 N–H and O–H groups in total. The number of sulfonamides is 1.